The van der Waals surface area contributed by atoms with Gasteiger partial charge in [-0.05, 0) is 18.2 Å². The average molecular weight is 359 g/mol. The molecule has 0 saturated heterocycles. The van der Waals surface area contributed by atoms with E-state index in [4.69, 9.17) is 0 Å². The number of benzene rings is 2. The molecule has 27 heavy (non-hydrogen) atoms. The van der Waals surface area contributed by atoms with E-state index in [9.17, 15) is 9.59 Å². The van der Waals surface area contributed by atoms with Crippen LogP contribution in [0.25, 0.3) is 17.1 Å². The number of rotatable bonds is 4. The summed E-state index contributed by atoms with van der Waals surface area (Å²) in [7, 11) is 1.85. The maximum Gasteiger partial charge on any atom is 0.259 e. The summed E-state index contributed by atoms with van der Waals surface area (Å²) in [4.78, 5) is 26.4. The summed E-state index contributed by atoms with van der Waals surface area (Å²) < 4.78 is 1.80. The van der Waals surface area contributed by atoms with Gasteiger partial charge in [0.25, 0.3) is 5.91 Å². The third-order valence-corrected chi connectivity index (χ3v) is 4.46. The highest BCUT2D eigenvalue weighted by Gasteiger charge is 2.31. The molecule has 0 fully saturated rings. The molecule has 1 aromatic heterocycles. The van der Waals surface area contributed by atoms with Gasteiger partial charge in [-0.15, -0.1) is 10.2 Å². The molecule has 0 aliphatic carbocycles. The summed E-state index contributed by atoms with van der Waals surface area (Å²) in [5.41, 5.74) is 3.33. The van der Waals surface area contributed by atoms with E-state index in [2.05, 4.69) is 22.1 Å². The first kappa shape index (κ1) is 16.7. The zero-order valence-corrected chi connectivity index (χ0v) is 14.7. The Labute approximate surface area is 155 Å². The predicted octanol–water partition coefficient (Wildman–Crippen LogP) is 2.55. The highest BCUT2D eigenvalue weighted by molar-refractivity contribution is 6.11. The van der Waals surface area contributed by atoms with Crippen LogP contribution in [-0.2, 0) is 11.8 Å². The highest BCUT2D eigenvalue weighted by atomic mass is 16.2. The lowest BCUT2D eigenvalue weighted by Crippen LogP contribution is -2.32. The van der Waals surface area contributed by atoms with Crippen LogP contribution in [0.4, 0.5) is 5.69 Å². The first-order valence-corrected chi connectivity index (χ1v) is 8.39. The molecule has 4 rings (SSSR count). The van der Waals surface area contributed by atoms with Crippen LogP contribution < -0.4 is 5.32 Å². The van der Waals surface area contributed by atoms with Crippen LogP contribution in [0.5, 0.6) is 0 Å². The number of carbonyl (C=O) groups is 2. The molecule has 0 spiro atoms. The van der Waals surface area contributed by atoms with Gasteiger partial charge in [-0.1, -0.05) is 36.9 Å². The molecule has 0 unspecified atom stereocenters. The van der Waals surface area contributed by atoms with E-state index in [0.717, 1.165) is 11.1 Å². The summed E-state index contributed by atoms with van der Waals surface area (Å²) in [6.07, 6.45) is 1.61. The maximum absolute atomic E-state index is 12.5. The van der Waals surface area contributed by atoms with Gasteiger partial charge < -0.3 is 9.88 Å². The third-order valence-electron chi connectivity index (χ3n) is 4.46. The van der Waals surface area contributed by atoms with Crippen molar-refractivity contribution >= 4 is 23.2 Å². The van der Waals surface area contributed by atoms with Crippen LogP contribution in [0.2, 0.25) is 0 Å². The fourth-order valence-electron chi connectivity index (χ4n) is 3.13. The molecule has 0 saturated carbocycles. The number of hydrogen-bond donors (Lipinski definition) is 1. The van der Waals surface area contributed by atoms with Gasteiger partial charge in [0, 0.05) is 35.1 Å². The number of nitrogens with one attached hydrogen (secondary N) is 1. The number of hydrogen-bond acceptors (Lipinski definition) is 4. The molecule has 2 amide bonds. The molecule has 2 aromatic carbocycles. The second-order valence-corrected chi connectivity index (χ2v) is 6.28. The van der Waals surface area contributed by atoms with Crippen LogP contribution in [0, 0.1) is 0 Å². The summed E-state index contributed by atoms with van der Waals surface area (Å²) in [6, 6.07) is 14.5. The Morgan fingerprint density at radius 3 is 2.63 bits per heavy atom. The van der Waals surface area contributed by atoms with Gasteiger partial charge in [-0.2, -0.15) is 0 Å². The van der Waals surface area contributed by atoms with Gasteiger partial charge in [0.05, 0.1) is 0 Å². The van der Waals surface area contributed by atoms with Crippen molar-refractivity contribution < 1.29 is 9.59 Å². The zero-order chi connectivity index (χ0) is 19.0. The van der Waals surface area contributed by atoms with Crippen LogP contribution in [0.3, 0.4) is 0 Å². The quantitative estimate of drug-likeness (QED) is 0.776. The molecular formula is C20H17N5O2. The molecule has 7 heteroatoms. The monoisotopic (exact) mass is 359 g/mol. The van der Waals surface area contributed by atoms with E-state index < -0.39 is 0 Å². The van der Waals surface area contributed by atoms with Crippen molar-refractivity contribution in [3.8, 4) is 11.4 Å². The Morgan fingerprint density at radius 1 is 1.15 bits per heavy atom. The molecule has 7 nitrogen and oxygen atoms in total. The van der Waals surface area contributed by atoms with Gasteiger partial charge in [-0.3, -0.25) is 14.5 Å². The summed E-state index contributed by atoms with van der Waals surface area (Å²) in [5, 5.41) is 10.8. The van der Waals surface area contributed by atoms with Crippen LogP contribution in [0.1, 0.15) is 15.9 Å². The smallest absolute Gasteiger partial charge is 0.259 e. The highest BCUT2D eigenvalue weighted by Crippen LogP contribution is 2.30. The van der Waals surface area contributed by atoms with Crippen molar-refractivity contribution in [1.82, 2.24) is 19.7 Å². The Bertz CT molecular complexity index is 1030. The predicted molar refractivity (Wildman–Crippen MR) is 102 cm³/mol. The minimum Gasteiger partial charge on any atom is -0.325 e. The van der Waals surface area contributed by atoms with Crippen molar-refractivity contribution in [3.05, 3.63) is 72.6 Å². The maximum atomic E-state index is 12.5. The van der Waals surface area contributed by atoms with E-state index in [1.165, 1.54) is 4.90 Å². The van der Waals surface area contributed by atoms with E-state index in [1.54, 1.807) is 29.1 Å². The Kier molecular flexibility index (Phi) is 4.04. The van der Waals surface area contributed by atoms with Crippen molar-refractivity contribution in [2.75, 3.05) is 11.9 Å². The topological polar surface area (TPSA) is 80.1 Å². The van der Waals surface area contributed by atoms with E-state index in [1.807, 2.05) is 37.4 Å². The van der Waals surface area contributed by atoms with E-state index >= 15 is 0 Å². The van der Waals surface area contributed by atoms with Gasteiger partial charge >= 0.3 is 0 Å². The van der Waals surface area contributed by atoms with Gasteiger partial charge in [0.2, 0.25) is 5.91 Å². The summed E-state index contributed by atoms with van der Waals surface area (Å²) >= 11 is 0. The van der Waals surface area contributed by atoms with Crippen molar-refractivity contribution in [1.29, 1.82) is 0 Å². The van der Waals surface area contributed by atoms with Gasteiger partial charge in [0.15, 0.2) is 5.82 Å². The molecule has 3 aromatic rings. The minimum absolute atomic E-state index is 0.0967. The molecule has 0 radical (unpaired) electrons. The summed E-state index contributed by atoms with van der Waals surface area (Å²) in [6.45, 7) is 3.86. The van der Waals surface area contributed by atoms with Crippen molar-refractivity contribution in [2.24, 2.45) is 7.05 Å². The molecule has 134 valence electrons. The lowest BCUT2D eigenvalue weighted by atomic mass is 10.1. The molecule has 0 bridgehead atoms. The SMILES string of the molecule is C=C1c2ccccc2C(=O)N1CC(=O)Nc1cccc(-c2nncn2C)c1. The second-order valence-electron chi connectivity index (χ2n) is 6.28. The standard InChI is InChI=1S/C20H17N5O2/c1-13-16-8-3-4-9-17(16)20(27)25(13)11-18(26)22-15-7-5-6-14(10-15)19-23-21-12-24(19)2/h3-10,12H,1,11H2,2H3,(H,22,26). The summed E-state index contributed by atoms with van der Waals surface area (Å²) in [5.74, 6) is 0.190. The molecular weight excluding hydrogens is 342 g/mol. The third kappa shape index (κ3) is 2.99. The number of nitrogens with zero attached hydrogens (tertiary/aromatic N) is 4. The average Bonchev–Trinajstić information content (AvgIpc) is 3.20. The van der Waals surface area contributed by atoms with Gasteiger partial charge in [0.1, 0.15) is 12.9 Å². The van der Waals surface area contributed by atoms with Crippen LogP contribution in [0.15, 0.2) is 61.4 Å². The molecule has 0 atom stereocenters. The number of aromatic nitrogens is 3. The Hall–Kier alpha value is -3.74. The fraction of sp³-hybridized carbons (Fsp3) is 0.100. The zero-order valence-electron chi connectivity index (χ0n) is 14.7. The lowest BCUT2D eigenvalue weighted by molar-refractivity contribution is -0.116. The van der Waals surface area contributed by atoms with Crippen LogP contribution in [-0.4, -0.2) is 38.0 Å². The largest absolute Gasteiger partial charge is 0.325 e. The van der Waals surface area contributed by atoms with E-state index in [0.29, 0.717) is 22.8 Å². The van der Waals surface area contributed by atoms with Crippen LogP contribution >= 0.6 is 0 Å². The van der Waals surface area contributed by atoms with E-state index in [-0.39, 0.29) is 18.4 Å². The van der Waals surface area contributed by atoms with Crippen molar-refractivity contribution in [2.45, 2.75) is 0 Å². The lowest BCUT2D eigenvalue weighted by Gasteiger charge is -2.17. The molecule has 2 heterocycles. The number of carbonyl (C=O) groups excluding carboxylic acids is 2. The minimum atomic E-state index is -0.299. The second kappa shape index (κ2) is 6.53. The number of amides is 2. The first-order valence-electron chi connectivity index (χ1n) is 8.39. The molecule has 1 N–H and O–H groups in total. The first-order chi connectivity index (χ1) is 13.0. The Morgan fingerprint density at radius 2 is 1.93 bits per heavy atom. The normalized spacial score (nSPS) is 13.0. The number of fused-ring (bicyclic) bond motifs is 1. The number of anilines is 1. The Balaban J connectivity index is 1.49. The fourth-order valence-corrected chi connectivity index (χ4v) is 3.13. The van der Waals surface area contributed by atoms with Crippen molar-refractivity contribution in [3.63, 3.8) is 0 Å². The molecule has 1 aliphatic rings. The molecule has 1 aliphatic heterocycles. The van der Waals surface area contributed by atoms with Gasteiger partial charge in [-0.25, -0.2) is 0 Å². The number of aryl methyl sites for hydroxylation is 1.